The van der Waals surface area contributed by atoms with Crippen molar-refractivity contribution in [1.82, 2.24) is 0 Å². The van der Waals surface area contributed by atoms with E-state index in [1.54, 1.807) is 0 Å². The Morgan fingerprint density at radius 2 is 1.65 bits per heavy atom. The Bertz CT molecular complexity index is 1250. The van der Waals surface area contributed by atoms with Gasteiger partial charge in [0.2, 0.25) is 23.2 Å². The van der Waals surface area contributed by atoms with Crippen molar-refractivity contribution in [3.8, 4) is 40.1 Å². The molecule has 0 unspecified atom stereocenters. The topological polar surface area (TPSA) is 200 Å². The molecule has 34 heavy (non-hydrogen) atoms. The van der Waals surface area contributed by atoms with Gasteiger partial charge >= 0.3 is 0 Å². The predicted octanol–water partition coefficient (Wildman–Crippen LogP) is -0.236. The number of hydrogen-bond donors (Lipinski definition) is 7. The summed E-state index contributed by atoms with van der Waals surface area (Å²) in [7, 11) is 1.22. The molecule has 182 valence electrons. The zero-order valence-corrected chi connectivity index (χ0v) is 17.7. The van der Waals surface area contributed by atoms with Gasteiger partial charge in [-0.05, 0) is 24.3 Å². The molecule has 12 heteroatoms. The number of hydrogen-bond acceptors (Lipinski definition) is 12. The summed E-state index contributed by atoms with van der Waals surface area (Å²) < 4.78 is 21.6. The van der Waals surface area contributed by atoms with Crippen molar-refractivity contribution in [2.24, 2.45) is 0 Å². The minimum atomic E-state index is -1.79. The molecular formula is C22H22O12. The monoisotopic (exact) mass is 478 g/mol. The zero-order valence-electron chi connectivity index (χ0n) is 17.7. The average molecular weight is 478 g/mol. The van der Waals surface area contributed by atoms with Gasteiger partial charge in [0.1, 0.15) is 41.1 Å². The van der Waals surface area contributed by atoms with Crippen LogP contribution in [0.2, 0.25) is 0 Å². The second-order valence-electron chi connectivity index (χ2n) is 7.60. The van der Waals surface area contributed by atoms with Crippen LogP contribution in [0.15, 0.2) is 39.5 Å². The van der Waals surface area contributed by atoms with Crippen LogP contribution in [0, 0.1) is 0 Å². The van der Waals surface area contributed by atoms with Crippen molar-refractivity contribution in [3.63, 3.8) is 0 Å². The largest absolute Gasteiger partial charge is 0.508 e. The number of rotatable bonds is 5. The summed E-state index contributed by atoms with van der Waals surface area (Å²) in [4.78, 5) is 13.0. The molecule has 0 radical (unpaired) electrons. The van der Waals surface area contributed by atoms with E-state index in [0.29, 0.717) is 5.56 Å². The summed E-state index contributed by atoms with van der Waals surface area (Å²) in [6, 6.07) is 6.71. The number of fused-ring (bicyclic) bond motifs is 1. The first kappa shape index (κ1) is 23.6. The normalized spacial score (nSPS) is 24.8. The number of ether oxygens (including phenoxy) is 3. The summed E-state index contributed by atoms with van der Waals surface area (Å²) in [5.41, 5.74) is -0.680. The van der Waals surface area contributed by atoms with Crippen LogP contribution >= 0.6 is 0 Å². The molecule has 1 fully saturated rings. The van der Waals surface area contributed by atoms with Gasteiger partial charge in [-0.1, -0.05) is 0 Å². The molecule has 3 aromatic rings. The molecule has 0 spiro atoms. The summed E-state index contributed by atoms with van der Waals surface area (Å²) in [6.45, 7) is -0.704. The van der Waals surface area contributed by atoms with Gasteiger partial charge in [-0.2, -0.15) is 0 Å². The van der Waals surface area contributed by atoms with Crippen LogP contribution in [-0.2, 0) is 4.74 Å². The third-order valence-electron chi connectivity index (χ3n) is 5.48. The molecule has 0 amide bonds. The smallest absolute Gasteiger partial charge is 0.239 e. The first-order chi connectivity index (χ1) is 16.2. The van der Waals surface area contributed by atoms with Crippen molar-refractivity contribution in [3.05, 3.63) is 40.6 Å². The minimum absolute atomic E-state index is 0.0244. The van der Waals surface area contributed by atoms with E-state index in [1.165, 1.54) is 31.4 Å². The van der Waals surface area contributed by atoms with E-state index in [1.807, 2.05) is 0 Å². The van der Waals surface area contributed by atoms with Crippen molar-refractivity contribution < 1.29 is 54.4 Å². The van der Waals surface area contributed by atoms with Crippen molar-refractivity contribution in [2.75, 3.05) is 13.7 Å². The molecule has 4 rings (SSSR count). The van der Waals surface area contributed by atoms with E-state index < -0.39 is 65.4 Å². The maximum absolute atomic E-state index is 13.0. The Morgan fingerprint density at radius 3 is 2.26 bits per heavy atom. The molecule has 2 heterocycles. The lowest BCUT2D eigenvalue weighted by molar-refractivity contribution is -0.277. The Hall–Kier alpha value is -3.55. The van der Waals surface area contributed by atoms with E-state index in [4.69, 9.17) is 18.6 Å². The lowest BCUT2D eigenvalue weighted by atomic mass is 9.99. The molecule has 7 N–H and O–H groups in total. The van der Waals surface area contributed by atoms with E-state index in [0.717, 1.165) is 6.07 Å². The number of benzene rings is 2. The summed E-state index contributed by atoms with van der Waals surface area (Å²) in [5, 5.41) is 69.4. The molecular weight excluding hydrogens is 456 g/mol. The number of methoxy groups -OCH3 is 1. The second kappa shape index (κ2) is 9.00. The lowest BCUT2D eigenvalue weighted by Crippen LogP contribution is -2.60. The fourth-order valence-electron chi connectivity index (χ4n) is 3.65. The highest BCUT2D eigenvalue weighted by atomic mass is 16.7. The van der Waals surface area contributed by atoms with Crippen LogP contribution in [-0.4, -0.2) is 80.2 Å². The number of aliphatic hydroxyl groups excluding tert-OH is 4. The fraction of sp³-hybridized carbons (Fsp3) is 0.318. The molecule has 1 aromatic heterocycles. The zero-order chi connectivity index (χ0) is 24.7. The van der Waals surface area contributed by atoms with E-state index in [-0.39, 0.29) is 22.8 Å². The third-order valence-corrected chi connectivity index (χ3v) is 5.48. The Morgan fingerprint density at radius 1 is 0.971 bits per heavy atom. The highest BCUT2D eigenvalue weighted by Crippen LogP contribution is 2.44. The van der Waals surface area contributed by atoms with E-state index in [9.17, 15) is 40.5 Å². The average Bonchev–Trinajstić information content (AvgIpc) is 2.82. The van der Waals surface area contributed by atoms with Crippen molar-refractivity contribution in [2.45, 2.75) is 30.7 Å². The number of phenolic OH excluding ortho intramolecular Hbond substituents is 3. The molecule has 0 saturated carbocycles. The maximum atomic E-state index is 13.0. The maximum Gasteiger partial charge on any atom is 0.239 e. The first-order valence-electron chi connectivity index (χ1n) is 10.0. The first-order valence-corrected chi connectivity index (χ1v) is 10.0. The highest BCUT2D eigenvalue weighted by molar-refractivity contribution is 5.91. The van der Waals surface area contributed by atoms with Crippen molar-refractivity contribution >= 4 is 11.0 Å². The van der Waals surface area contributed by atoms with Gasteiger partial charge in [0.25, 0.3) is 0 Å². The van der Waals surface area contributed by atoms with Crippen LogP contribution in [0.1, 0.15) is 0 Å². The Kier molecular flexibility index (Phi) is 6.25. The van der Waals surface area contributed by atoms with Gasteiger partial charge in [0.15, 0.2) is 17.3 Å². The molecule has 1 saturated heterocycles. The number of aromatic hydroxyl groups is 3. The van der Waals surface area contributed by atoms with E-state index in [2.05, 4.69) is 0 Å². The standard InChI is InChI=1S/C22H22O12/c1-31-21-17(28)13-10(32-20(21)8-2-4-9(24)5-3-8)6-11(14(25)16(13)27)33-22-19(30)18(29)15(26)12(7-23)34-22/h2-6,12,15,18-19,22-27,29-30H,7H2,1H3/t12-,15-,18-,19-,22-/m0/s1. The van der Waals surface area contributed by atoms with Gasteiger partial charge in [0, 0.05) is 11.6 Å². The van der Waals surface area contributed by atoms with Gasteiger partial charge in [-0.15, -0.1) is 0 Å². The number of aliphatic hydroxyl groups is 4. The second-order valence-corrected chi connectivity index (χ2v) is 7.60. The van der Waals surface area contributed by atoms with Crippen LogP contribution in [0.4, 0.5) is 0 Å². The SMILES string of the molecule is COc1c(-c2ccc(O)cc2)oc2cc(O[C@H]3O[C@@H](CO)[C@H](O)[C@H](O)[C@@H]3O)c(O)c(O)c2c1=O. The summed E-state index contributed by atoms with van der Waals surface area (Å²) >= 11 is 0. The molecule has 1 aliphatic rings. The van der Waals surface area contributed by atoms with Gasteiger partial charge in [0.05, 0.1) is 13.7 Å². The fourth-order valence-corrected chi connectivity index (χ4v) is 3.65. The third kappa shape index (κ3) is 3.87. The van der Waals surface area contributed by atoms with Gasteiger partial charge < -0.3 is 54.4 Å². The van der Waals surface area contributed by atoms with Gasteiger partial charge in [-0.25, -0.2) is 0 Å². The Labute approximate surface area is 191 Å². The minimum Gasteiger partial charge on any atom is -0.508 e. The van der Waals surface area contributed by atoms with Crippen molar-refractivity contribution in [1.29, 1.82) is 0 Å². The highest BCUT2D eigenvalue weighted by Gasteiger charge is 2.45. The van der Waals surface area contributed by atoms with Crippen LogP contribution < -0.4 is 14.9 Å². The predicted molar refractivity (Wildman–Crippen MR) is 114 cm³/mol. The lowest BCUT2D eigenvalue weighted by Gasteiger charge is -2.39. The van der Waals surface area contributed by atoms with Crippen LogP contribution in [0.25, 0.3) is 22.3 Å². The summed E-state index contributed by atoms with van der Waals surface area (Å²) in [6.07, 6.45) is -8.10. The van der Waals surface area contributed by atoms with E-state index >= 15 is 0 Å². The van der Waals surface area contributed by atoms with Gasteiger partial charge in [-0.3, -0.25) is 4.79 Å². The molecule has 0 bridgehead atoms. The Balaban J connectivity index is 1.83. The molecule has 2 aromatic carbocycles. The quantitative estimate of drug-likeness (QED) is 0.238. The van der Waals surface area contributed by atoms with Crippen LogP contribution in [0.5, 0.6) is 28.7 Å². The summed E-state index contributed by atoms with van der Waals surface area (Å²) in [5.74, 6) is -2.61. The molecule has 5 atom stereocenters. The molecule has 1 aliphatic heterocycles. The molecule has 12 nitrogen and oxygen atoms in total. The van der Waals surface area contributed by atoms with Crippen LogP contribution in [0.3, 0.4) is 0 Å². The molecule has 0 aliphatic carbocycles. The number of phenols is 3.